The third-order valence-electron chi connectivity index (χ3n) is 4.83. The van der Waals surface area contributed by atoms with E-state index in [9.17, 15) is 24.3 Å². The van der Waals surface area contributed by atoms with Gasteiger partial charge in [-0.3, -0.25) is 9.59 Å². The van der Waals surface area contributed by atoms with Crippen LogP contribution in [0.3, 0.4) is 0 Å². The molecule has 1 aromatic carbocycles. The summed E-state index contributed by atoms with van der Waals surface area (Å²) in [5, 5.41) is 11.3. The highest BCUT2D eigenvalue weighted by Crippen LogP contribution is 2.55. The number of nitrogens with zero attached hydrogens (tertiary/aromatic N) is 1. The number of carbonyl (C=O) groups is 4. The van der Waals surface area contributed by atoms with Gasteiger partial charge in [-0.25, -0.2) is 9.59 Å². The van der Waals surface area contributed by atoms with Gasteiger partial charge in [0.25, 0.3) is 5.91 Å². The zero-order valence-electron chi connectivity index (χ0n) is 16.2. The Bertz CT molecular complexity index is 846. The van der Waals surface area contributed by atoms with Gasteiger partial charge in [-0.2, -0.15) is 0 Å². The molecule has 8 nitrogen and oxygen atoms in total. The number of hydrogen-bond acceptors (Lipinski definition) is 7. The van der Waals surface area contributed by atoms with Crippen LogP contribution in [0.15, 0.2) is 35.2 Å². The molecule has 2 amide bonds. The largest absolute Gasteiger partial charge is 0.480 e. The van der Waals surface area contributed by atoms with Crippen molar-refractivity contribution in [2.45, 2.75) is 47.4 Å². The number of β-lactam (4-membered cyclic amide) rings is 1. The quantitative estimate of drug-likeness (QED) is 0.284. The zero-order chi connectivity index (χ0) is 21.4. The highest BCUT2D eigenvalue weighted by molar-refractivity contribution is 8.01. The Labute approximate surface area is 176 Å². The minimum Gasteiger partial charge on any atom is -0.480 e. The van der Waals surface area contributed by atoms with Gasteiger partial charge in [-0.15, -0.1) is 23.5 Å². The molecule has 0 aromatic heterocycles. The monoisotopic (exact) mass is 438 g/mol. The summed E-state index contributed by atoms with van der Waals surface area (Å²) in [5.41, 5.74) is -1.91. The van der Waals surface area contributed by atoms with Gasteiger partial charge in [0.1, 0.15) is 11.4 Å². The van der Waals surface area contributed by atoms with E-state index >= 15 is 0 Å². The van der Waals surface area contributed by atoms with Crippen LogP contribution in [0, 0.1) is 0 Å². The number of carbonyl (C=O) groups excluding carboxylic acids is 3. The van der Waals surface area contributed by atoms with Crippen molar-refractivity contribution >= 4 is 47.3 Å². The van der Waals surface area contributed by atoms with Crippen molar-refractivity contribution in [1.29, 1.82) is 0 Å². The fourth-order valence-corrected chi connectivity index (χ4v) is 5.98. The Morgan fingerprint density at radius 2 is 1.93 bits per heavy atom. The molecule has 3 rings (SSSR count). The van der Waals surface area contributed by atoms with E-state index in [1.54, 1.807) is 20.8 Å². The lowest BCUT2D eigenvalue weighted by atomic mass is 9.84. The summed E-state index contributed by atoms with van der Waals surface area (Å²) >= 11 is 2.45. The summed E-state index contributed by atoms with van der Waals surface area (Å²) in [4.78, 5) is 52.1. The van der Waals surface area contributed by atoms with E-state index in [0.717, 1.165) is 9.80 Å². The van der Waals surface area contributed by atoms with Crippen molar-refractivity contribution in [2.75, 3.05) is 12.4 Å². The first-order valence-corrected chi connectivity index (χ1v) is 10.9. The van der Waals surface area contributed by atoms with Gasteiger partial charge in [0.05, 0.1) is 12.4 Å². The van der Waals surface area contributed by atoms with E-state index in [4.69, 9.17) is 4.74 Å². The molecule has 10 heteroatoms. The second-order valence-corrected chi connectivity index (χ2v) is 9.99. The SMILES string of the molecule is CCOC(=O)[C@]1(NC(=O)CSc2ccccc2)C(=O)N2[C@@H](C(=O)O)C(C)(C)S[C@@H]21. The van der Waals surface area contributed by atoms with Crippen LogP contribution in [0.5, 0.6) is 0 Å². The van der Waals surface area contributed by atoms with Crippen LogP contribution in [0.25, 0.3) is 0 Å². The number of benzene rings is 1. The molecule has 0 aliphatic carbocycles. The number of fused-ring (bicyclic) bond motifs is 1. The van der Waals surface area contributed by atoms with Crippen LogP contribution in [0.2, 0.25) is 0 Å². The Kier molecular flexibility index (Phi) is 5.86. The molecule has 1 aromatic rings. The maximum Gasteiger partial charge on any atom is 0.344 e. The molecular formula is C19H22N2O6S2. The van der Waals surface area contributed by atoms with Crippen LogP contribution >= 0.6 is 23.5 Å². The third-order valence-corrected chi connectivity index (χ3v) is 7.47. The number of nitrogens with one attached hydrogen (secondary N) is 1. The summed E-state index contributed by atoms with van der Waals surface area (Å²) in [6, 6.07) is 8.15. The minimum atomic E-state index is -1.91. The molecule has 2 fully saturated rings. The summed E-state index contributed by atoms with van der Waals surface area (Å²) < 4.78 is 4.26. The van der Waals surface area contributed by atoms with Crippen molar-refractivity contribution in [3.8, 4) is 0 Å². The summed E-state index contributed by atoms with van der Waals surface area (Å²) in [6.45, 7) is 5.03. The molecule has 0 unspecified atom stereocenters. The molecule has 0 saturated carbocycles. The summed E-state index contributed by atoms with van der Waals surface area (Å²) in [6.07, 6.45) is 0. The Morgan fingerprint density at radius 3 is 2.52 bits per heavy atom. The van der Waals surface area contributed by atoms with Crippen molar-refractivity contribution in [2.24, 2.45) is 0 Å². The number of ether oxygens (including phenoxy) is 1. The molecule has 2 N–H and O–H groups in total. The number of thioether (sulfide) groups is 2. The summed E-state index contributed by atoms with van der Waals surface area (Å²) in [7, 11) is 0. The van der Waals surface area contributed by atoms with Crippen LogP contribution < -0.4 is 5.32 Å². The molecule has 2 saturated heterocycles. The molecule has 2 aliphatic heterocycles. The minimum absolute atomic E-state index is 0.00157. The van der Waals surface area contributed by atoms with Gasteiger partial charge >= 0.3 is 11.9 Å². The molecule has 3 atom stereocenters. The van der Waals surface area contributed by atoms with E-state index in [1.807, 2.05) is 30.3 Å². The van der Waals surface area contributed by atoms with Crippen molar-refractivity contribution < 1.29 is 29.0 Å². The van der Waals surface area contributed by atoms with Crippen molar-refractivity contribution in [3.63, 3.8) is 0 Å². The van der Waals surface area contributed by atoms with E-state index < -0.39 is 45.5 Å². The van der Waals surface area contributed by atoms with Gasteiger partial charge in [0.15, 0.2) is 0 Å². The maximum absolute atomic E-state index is 13.0. The third kappa shape index (κ3) is 3.59. The van der Waals surface area contributed by atoms with Gasteiger partial charge in [0.2, 0.25) is 11.4 Å². The number of esters is 1. The lowest BCUT2D eigenvalue weighted by molar-refractivity contribution is -0.181. The Balaban J connectivity index is 1.83. The van der Waals surface area contributed by atoms with E-state index in [0.29, 0.717) is 0 Å². The van der Waals surface area contributed by atoms with Gasteiger partial charge in [-0.1, -0.05) is 18.2 Å². The number of hydrogen-bond donors (Lipinski definition) is 2. The number of aliphatic carboxylic acids is 1. The molecule has 0 spiro atoms. The van der Waals surface area contributed by atoms with Crippen LogP contribution in [-0.2, 0) is 23.9 Å². The molecule has 0 bridgehead atoms. The lowest BCUT2D eigenvalue weighted by Gasteiger charge is -2.50. The second kappa shape index (κ2) is 7.91. The van der Waals surface area contributed by atoms with E-state index in [2.05, 4.69) is 5.32 Å². The van der Waals surface area contributed by atoms with E-state index in [-0.39, 0.29) is 12.4 Å². The number of carboxylic acids is 1. The normalized spacial score (nSPS) is 27.0. The first-order chi connectivity index (χ1) is 13.6. The van der Waals surface area contributed by atoms with Gasteiger partial charge in [0, 0.05) is 9.64 Å². The smallest absolute Gasteiger partial charge is 0.344 e. The highest BCUT2D eigenvalue weighted by atomic mass is 32.2. The fourth-order valence-electron chi connectivity index (χ4n) is 3.58. The zero-order valence-corrected chi connectivity index (χ0v) is 17.8. The van der Waals surface area contributed by atoms with Crippen LogP contribution in [-0.4, -0.2) is 67.8 Å². The Hall–Kier alpha value is -2.20. The van der Waals surface area contributed by atoms with Gasteiger partial charge in [-0.05, 0) is 32.9 Å². The standard InChI is InChI=1S/C19H22N2O6S2/c1-4-27-17(26)19(20-12(22)10-28-11-8-6-5-7-9-11)15(25)21-13(14(23)24)18(2,3)29-16(19)21/h5-9,13,16H,4,10H2,1-3H3,(H,20,22)(H,23,24)/t13-,16+,19-/m0/s1. The predicted molar refractivity (Wildman–Crippen MR) is 108 cm³/mol. The average molecular weight is 439 g/mol. The van der Waals surface area contributed by atoms with Crippen molar-refractivity contribution in [3.05, 3.63) is 30.3 Å². The van der Waals surface area contributed by atoms with Crippen LogP contribution in [0.4, 0.5) is 0 Å². The molecule has 2 heterocycles. The molecule has 29 heavy (non-hydrogen) atoms. The number of amides is 2. The Morgan fingerprint density at radius 1 is 1.28 bits per heavy atom. The second-order valence-electron chi connectivity index (χ2n) is 7.21. The average Bonchev–Trinajstić information content (AvgIpc) is 2.94. The first kappa shape index (κ1) is 21.5. The van der Waals surface area contributed by atoms with Crippen LogP contribution in [0.1, 0.15) is 20.8 Å². The number of carboxylic acid groups (broad SMARTS) is 1. The molecule has 2 aliphatic rings. The maximum atomic E-state index is 13.0. The number of rotatable bonds is 7. The van der Waals surface area contributed by atoms with E-state index in [1.165, 1.54) is 23.5 Å². The molecule has 0 radical (unpaired) electrons. The first-order valence-electron chi connectivity index (χ1n) is 9.04. The lowest BCUT2D eigenvalue weighted by Crippen LogP contribution is -2.83. The fraction of sp³-hybridized carbons (Fsp3) is 0.474. The van der Waals surface area contributed by atoms with Crippen molar-refractivity contribution in [1.82, 2.24) is 10.2 Å². The summed E-state index contributed by atoms with van der Waals surface area (Å²) in [5.74, 6) is -3.26. The topological polar surface area (TPSA) is 113 Å². The molecular weight excluding hydrogens is 416 g/mol. The predicted octanol–water partition coefficient (Wildman–Crippen LogP) is 1.34. The van der Waals surface area contributed by atoms with Gasteiger partial charge < -0.3 is 20.1 Å². The molecule has 156 valence electrons. The highest BCUT2D eigenvalue weighted by Gasteiger charge is 2.76.